The standard InChI is InChI=1S/C12H22/c1-2-12-10-8-6-4-3-5-7-9-11-12/h4,6,12H,2-3,5,7-11H2,1H3/b6-4-. The van der Waals surface area contributed by atoms with Gasteiger partial charge >= 0.3 is 0 Å². The van der Waals surface area contributed by atoms with Gasteiger partial charge < -0.3 is 0 Å². The first-order chi connectivity index (χ1) is 5.93. The summed E-state index contributed by atoms with van der Waals surface area (Å²) in [6, 6.07) is 0. The van der Waals surface area contributed by atoms with Gasteiger partial charge in [0, 0.05) is 0 Å². The predicted octanol–water partition coefficient (Wildman–Crippen LogP) is 4.31. The summed E-state index contributed by atoms with van der Waals surface area (Å²) in [7, 11) is 0. The van der Waals surface area contributed by atoms with Gasteiger partial charge in [0.25, 0.3) is 0 Å². The highest BCUT2D eigenvalue weighted by molar-refractivity contribution is 4.83. The van der Waals surface area contributed by atoms with Gasteiger partial charge in [0.05, 0.1) is 0 Å². The lowest BCUT2D eigenvalue weighted by Crippen LogP contribution is -1.98. The van der Waals surface area contributed by atoms with Gasteiger partial charge in [-0.3, -0.25) is 0 Å². The van der Waals surface area contributed by atoms with Crippen LogP contribution in [0.4, 0.5) is 0 Å². The highest BCUT2D eigenvalue weighted by Gasteiger charge is 2.05. The van der Waals surface area contributed by atoms with E-state index in [0.717, 1.165) is 5.92 Å². The smallest absolute Gasteiger partial charge is 0.0348 e. The maximum Gasteiger partial charge on any atom is -0.0348 e. The molecular weight excluding hydrogens is 144 g/mol. The summed E-state index contributed by atoms with van der Waals surface area (Å²) in [5, 5.41) is 0. The second-order valence-corrected chi connectivity index (χ2v) is 3.96. The average molecular weight is 166 g/mol. The average Bonchev–Trinajstić information content (AvgIpc) is 2.14. The van der Waals surface area contributed by atoms with E-state index < -0.39 is 0 Å². The van der Waals surface area contributed by atoms with E-state index in [0.29, 0.717) is 0 Å². The normalized spacial score (nSPS) is 29.6. The van der Waals surface area contributed by atoms with Crippen LogP contribution in [0.25, 0.3) is 0 Å². The highest BCUT2D eigenvalue weighted by Crippen LogP contribution is 2.20. The Bertz CT molecular complexity index is 124. The molecule has 70 valence electrons. The van der Waals surface area contributed by atoms with E-state index in [2.05, 4.69) is 19.1 Å². The molecule has 0 aromatic carbocycles. The van der Waals surface area contributed by atoms with Gasteiger partial charge in [-0.15, -0.1) is 0 Å². The van der Waals surface area contributed by atoms with Crippen LogP contribution in [0.1, 0.15) is 58.3 Å². The quantitative estimate of drug-likeness (QED) is 0.509. The Morgan fingerprint density at radius 3 is 2.67 bits per heavy atom. The van der Waals surface area contributed by atoms with Gasteiger partial charge in [0.2, 0.25) is 0 Å². The first-order valence-corrected chi connectivity index (χ1v) is 5.58. The fourth-order valence-electron chi connectivity index (χ4n) is 1.99. The Hall–Kier alpha value is -0.260. The monoisotopic (exact) mass is 166 g/mol. The zero-order valence-corrected chi connectivity index (χ0v) is 8.39. The first kappa shape index (κ1) is 9.83. The predicted molar refractivity (Wildman–Crippen MR) is 55.2 cm³/mol. The first-order valence-electron chi connectivity index (χ1n) is 5.58. The minimum Gasteiger partial charge on any atom is -0.0885 e. The molecule has 0 radical (unpaired) electrons. The number of hydrogen-bond acceptors (Lipinski definition) is 0. The highest BCUT2D eigenvalue weighted by atomic mass is 14.1. The Kier molecular flexibility index (Phi) is 5.14. The molecule has 0 bridgehead atoms. The van der Waals surface area contributed by atoms with Gasteiger partial charge in [-0.25, -0.2) is 0 Å². The minimum atomic E-state index is 1.01. The fourth-order valence-corrected chi connectivity index (χ4v) is 1.99. The summed E-state index contributed by atoms with van der Waals surface area (Å²) >= 11 is 0. The summed E-state index contributed by atoms with van der Waals surface area (Å²) in [4.78, 5) is 0. The van der Waals surface area contributed by atoms with Crippen LogP contribution in [-0.2, 0) is 0 Å². The van der Waals surface area contributed by atoms with Crippen molar-refractivity contribution < 1.29 is 0 Å². The molecule has 12 heavy (non-hydrogen) atoms. The summed E-state index contributed by atoms with van der Waals surface area (Å²) < 4.78 is 0. The van der Waals surface area contributed by atoms with Gasteiger partial charge in [-0.1, -0.05) is 44.8 Å². The maximum absolute atomic E-state index is 2.38. The van der Waals surface area contributed by atoms with E-state index >= 15 is 0 Å². The third kappa shape index (κ3) is 3.94. The van der Waals surface area contributed by atoms with Crippen molar-refractivity contribution in [2.24, 2.45) is 5.92 Å². The van der Waals surface area contributed by atoms with Crippen molar-refractivity contribution in [1.29, 1.82) is 0 Å². The fraction of sp³-hybridized carbons (Fsp3) is 0.833. The molecule has 0 aliphatic heterocycles. The molecule has 0 aromatic rings. The van der Waals surface area contributed by atoms with Gasteiger partial charge in [0.15, 0.2) is 0 Å². The topological polar surface area (TPSA) is 0 Å². The molecular formula is C12H22. The van der Waals surface area contributed by atoms with Crippen LogP contribution in [-0.4, -0.2) is 0 Å². The van der Waals surface area contributed by atoms with Crippen molar-refractivity contribution in [1.82, 2.24) is 0 Å². The van der Waals surface area contributed by atoms with Gasteiger partial charge in [-0.2, -0.15) is 0 Å². The third-order valence-electron chi connectivity index (χ3n) is 2.97. The van der Waals surface area contributed by atoms with E-state index in [1.54, 1.807) is 0 Å². The van der Waals surface area contributed by atoms with Crippen molar-refractivity contribution >= 4 is 0 Å². The SMILES string of the molecule is CCC1CC/C=C\CCCCC1. The van der Waals surface area contributed by atoms with E-state index in [-0.39, 0.29) is 0 Å². The van der Waals surface area contributed by atoms with Crippen molar-refractivity contribution in [2.45, 2.75) is 58.3 Å². The van der Waals surface area contributed by atoms with Crippen LogP contribution >= 0.6 is 0 Å². The summed E-state index contributed by atoms with van der Waals surface area (Å²) in [5.74, 6) is 1.01. The molecule has 0 saturated heterocycles. The lowest BCUT2D eigenvalue weighted by Gasteiger charge is -2.14. The van der Waals surface area contributed by atoms with Crippen LogP contribution in [0, 0.1) is 5.92 Å². The van der Waals surface area contributed by atoms with Crippen LogP contribution < -0.4 is 0 Å². The van der Waals surface area contributed by atoms with Crippen LogP contribution in [0.2, 0.25) is 0 Å². The molecule has 0 heterocycles. The number of rotatable bonds is 1. The summed E-state index contributed by atoms with van der Waals surface area (Å²) in [6.07, 6.45) is 16.0. The molecule has 1 aliphatic rings. The molecule has 0 saturated carbocycles. The van der Waals surface area contributed by atoms with E-state index in [4.69, 9.17) is 0 Å². The number of hydrogen-bond donors (Lipinski definition) is 0. The largest absolute Gasteiger partial charge is 0.0885 e. The van der Waals surface area contributed by atoms with Gasteiger partial charge in [0.1, 0.15) is 0 Å². The van der Waals surface area contributed by atoms with Crippen molar-refractivity contribution in [3.05, 3.63) is 12.2 Å². The minimum absolute atomic E-state index is 1.01. The van der Waals surface area contributed by atoms with Crippen LogP contribution in [0.3, 0.4) is 0 Å². The molecule has 1 atom stereocenters. The molecule has 0 fully saturated rings. The van der Waals surface area contributed by atoms with E-state index in [1.165, 1.54) is 51.4 Å². The third-order valence-corrected chi connectivity index (χ3v) is 2.97. The maximum atomic E-state index is 2.38. The van der Waals surface area contributed by atoms with Crippen molar-refractivity contribution in [3.8, 4) is 0 Å². The lowest BCUT2D eigenvalue weighted by molar-refractivity contribution is 0.415. The zero-order chi connectivity index (χ0) is 8.65. The van der Waals surface area contributed by atoms with E-state index in [1.807, 2.05) is 0 Å². The zero-order valence-electron chi connectivity index (χ0n) is 8.39. The Labute approximate surface area is 77.1 Å². The number of allylic oxidation sites excluding steroid dienone is 2. The Morgan fingerprint density at radius 1 is 1.00 bits per heavy atom. The van der Waals surface area contributed by atoms with E-state index in [9.17, 15) is 0 Å². The molecule has 0 spiro atoms. The van der Waals surface area contributed by atoms with Crippen LogP contribution in [0.15, 0.2) is 12.2 Å². The molecule has 0 aromatic heterocycles. The Morgan fingerprint density at radius 2 is 1.83 bits per heavy atom. The molecule has 0 heteroatoms. The van der Waals surface area contributed by atoms with Gasteiger partial charge in [-0.05, 0) is 31.6 Å². The van der Waals surface area contributed by atoms with Crippen molar-refractivity contribution in [3.63, 3.8) is 0 Å². The Balaban J connectivity index is 2.27. The van der Waals surface area contributed by atoms with Crippen molar-refractivity contribution in [2.75, 3.05) is 0 Å². The molecule has 0 amide bonds. The van der Waals surface area contributed by atoms with Crippen LogP contribution in [0.5, 0.6) is 0 Å². The summed E-state index contributed by atoms with van der Waals surface area (Å²) in [6.45, 7) is 2.33. The molecule has 0 N–H and O–H groups in total. The second-order valence-electron chi connectivity index (χ2n) is 3.96. The molecule has 1 rings (SSSR count). The molecule has 1 unspecified atom stereocenters. The molecule has 0 nitrogen and oxygen atoms in total. The lowest BCUT2D eigenvalue weighted by atomic mass is 9.92. The summed E-state index contributed by atoms with van der Waals surface area (Å²) in [5.41, 5.74) is 0. The second kappa shape index (κ2) is 6.28. The molecule has 1 aliphatic carbocycles.